The molecule has 1 aromatic heterocycles. The summed E-state index contributed by atoms with van der Waals surface area (Å²) in [5, 5.41) is 0.702. The number of fused-ring (bicyclic) bond motifs is 2. The monoisotopic (exact) mass is 475 g/mol. The molecule has 3 aromatic rings. The first-order valence-electron chi connectivity index (χ1n) is 11.5. The second-order valence-corrected chi connectivity index (χ2v) is 9.24. The molecule has 0 fully saturated rings. The number of benzene rings is 2. The zero-order valence-electron chi connectivity index (χ0n) is 18.9. The first kappa shape index (κ1) is 22.4. The summed E-state index contributed by atoms with van der Waals surface area (Å²) >= 11 is 6.14. The third kappa shape index (κ3) is 5.07. The van der Waals surface area contributed by atoms with Gasteiger partial charge in [0.2, 0.25) is 5.91 Å². The summed E-state index contributed by atoms with van der Waals surface area (Å²) in [6.45, 7) is 2.49. The molecule has 0 saturated heterocycles. The molecule has 2 aliphatic heterocycles. The van der Waals surface area contributed by atoms with Crippen LogP contribution in [0.3, 0.4) is 0 Å². The molecule has 0 radical (unpaired) electrons. The first-order chi connectivity index (χ1) is 16.5. The van der Waals surface area contributed by atoms with Gasteiger partial charge in [0.1, 0.15) is 5.75 Å². The Kier molecular flexibility index (Phi) is 6.50. The highest BCUT2D eigenvalue weighted by Gasteiger charge is 2.24. The van der Waals surface area contributed by atoms with Crippen molar-refractivity contribution in [2.75, 3.05) is 19.7 Å². The zero-order valence-corrected chi connectivity index (χ0v) is 19.6. The van der Waals surface area contributed by atoms with Gasteiger partial charge >= 0.3 is 0 Å². The van der Waals surface area contributed by atoms with E-state index in [1.807, 2.05) is 28.0 Å². The summed E-state index contributed by atoms with van der Waals surface area (Å²) in [7, 11) is 0. The normalized spacial score (nSPS) is 14.9. The topological polar surface area (TPSA) is 62.7 Å². The van der Waals surface area contributed by atoms with Gasteiger partial charge in [0.25, 0.3) is 5.91 Å². The van der Waals surface area contributed by atoms with Crippen LogP contribution in [0, 0.1) is 0 Å². The van der Waals surface area contributed by atoms with Crippen molar-refractivity contribution in [3.63, 3.8) is 0 Å². The van der Waals surface area contributed by atoms with Gasteiger partial charge in [-0.3, -0.25) is 14.6 Å². The Balaban J connectivity index is 1.20. The van der Waals surface area contributed by atoms with E-state index in [9.17, 15) is 9.59 Å². The molecule has 2 amide bonds. The molecule has 0 aliphatic carbocycles. The van der Waals surface area contributed by atoms with Gasteiger partial charge in [-0.05, 0) is 64.9 Å². The summed E-state index contributed by atoms with van der Waals surface area (Å²) in [6, 6.07) is 15.7. The molecule has 2 aliphatic rings. The SMILES string of the molecule is O=C(COc1cccnc1)N1CCc2ccc(CC(=O)N3CCc4ccc(Cl)cc4C3)cc2C1. The summed E-state index contributed by atoms with van der Waals surface area (Å²) < 4.78 is 5.57. The van der Waals surface area contributed by atoms with Crippen LogP contribution in [-0.2, 0) is 41.9 Å². The maximum Gasteiger partial charge on any atom is 0.260 e. The molecular weight excluding hydrogens is 450 g/mol. The van der Waals surface area contributed by atoms with Gasteiger partial charge in [-0.1, -0.05) is 35.9 Å². The largest absolute Gasteiger partial charge is 0.482 e. The van der Waals surface area contributed by atoms with E-state index in [1.54, 1.807) is 24.5 Å². The van der Waals surface area contributed by atoms with Crippen molar-refractivity contribution in [2.24, 2.45) is 0 Å². The average Bonchev–Trinajstić information content (AvgIpc) is 2.87. The van der Waals surface area contributed by atoms with Crippen molar-refractivity contribution in [1.29, 1.82) is 0 Å². The standard InChI is InChI=1S/C27H26ClN3O3/c28-24-6-5-21-7-10-30(17-23(21)14-24)26(32)13-19-3-4-20-8-11-31(16-22(20)12-19)27(33)18-34-25-2-1-9-29-15-25/h1-6,9,12,14-15H,7-8,10-11,13,16-18H2. The van der Waals surface area contributed by atoms with Gasteiger partial charge in [-0.25, -0.2) is 0 Å². The molecule has 3 heterocycles. The molecule has 0 N–H and O–H groups in total. The lowest BCUT2D eigenvalue weighted by Gasteiger charge is -2.30. The van der Waals surface area contributed by atoms with E-state index >= 15 is 0 Å². The number of nitrogens with zero attached hydrogens (tertiary/aromatic N) is 3. The number of rotatable bonds is 5. The van der Waals surface area contributed by atoms with Crippen molar-refractivity contribution >= 4 is 23.4 Å². The lowest BCUT2D eigenvalue weighted by molar-refractivity contribution is -0.134. The number of carbonyl (C=O) groups is 2. The Morgan fingerprint density at radius 1 is 0.882 bits per heavy atom. The Morgan fingerprint density at radius 2 is 1.59 bits per heavy atom. The zero-order chi connectivity index (χ0) is 23.5. The van der Waals surface area contributed by atoms with Gasteiger partial charge in [-0.15, -0.1) is 0 Å². The minimum absolute atomic E-state index is 0.0142. The molecule has 2 aromatic carbocycles. The number of hydrogen-bond acceptors (Lipinski definition) is 4. The van der Waals surface area contributed by atoms with E-state index in [1.165, 1.54) is 11.1 Å². The molecule has 0 unspecified atom stereocenters. The number of aromatic nitrogens is 1. The lowest BCUT2D eigenvalue weighted by atomic mass is 9.95. The fraction of sp³-hybridized carbons (Fsp3) is 0.296. The summed E-state index contributed by atoms with van der Waals surface area (Å²) in [4.78, 5) is 33.4. The fourth-order valence-corrected chi connectivity index (χ4v) is 4.82. The Labute approximate surface area is 204 Å². The Bertz CT molecular complexity index is 1210. The van der Waals surface area contributed by atoms with E-state index in [-0.39, 0.29) is 18.4 Å². The quantitative estimate of drug-likeness (QED) is 0.562. The second-order valence-electron chi connectivity index (χ2n) is 8.80. The van der Waals surface area contributed by atoms with Crippen molar-refractivity contribution in [1.82, 2.24) is 14.8 Å². The maximum absolute atomic E-state index is 13.0. The van der Waals surface area contributed by atoms with Crippen LogP contribution in [0.2, 0.25) is 5.02 Å². The lowest BCUT2D eigenvalue weighted by Crippen LogP contribution is -2.39. The fourth-order valence-electron chi connectivity index (χ4n) is 4.63. The van der Waals surface area contributed by atoms with Crippen molar-refractivity contribution in [3.05, 3.63) is 93.8 Å². The molecule has 0 atom stereocenters. The van der Waals surface area contributed by atoms with Gasteiger partial charge in [-0.2, -0.15) is 0 Å². The van der Waals surface area contributed by atoms with Crippen LogP contribution in [0.5, 0.6) is 5.75 Å². The molecule has 0 saturated carbocycles. The Hall–Kier alpha value is -3.38. The predicted molar refractivity (Wildman–Crippen MR) is 130 cm³/mol. The summed E-state index contributed by atoms with van der Waals surface area (Å²) in [5.74, 6) is 0.637. The van der Waals surface area contributed by atoms with Crippen LogP contribution >= 0.6 is 11.6 Å². The maximum atomic E-state index is 13.0. The van der Waals surface area contributed by atoms with Crippen LogP contribution in [0.1, 0.15) is 27.8 Å². The van der Waals surface area contributed by atoms with Crippen LogP contribution in [0.25, 0.3) is 0 Å². The minimum Gasteiger partial charge on any atom is -0.482 e. The van der Waals surface area contributed by atoms with Crippen molar-refractivity contribution < 1.29 is 14.3 Å². The van der Waals surface area contributed by atoms with Crippen molar-refractivity contribution in [3.8, 4) is 5.75 Å². The molecular formula is C27H26ClN3O3. The molecule has 174 valence electrons. The highest BCUT2D eigenvalue weighted by Crippen LogP contribution is 2.25. The van der Waals surface area contributed by atoms with E-state index in [0.717, 1.165) is 36.1 Å². The highest BCUT2D eigenvalue weighted by molar-refractivity contribution is 6.30. The molecule has 34 heavy (non-hydrogen) atoms. The predicted octanol–water partition coefficient (Wildman–Crippen LogP) is 3.83. The van der Waals surface area contributed by atoms with E-state index in [0.29, 0.717) is 36.8 Å². The molecule has 0 spiro atoms. The molecule has 7 heteroatoms. The number of hydrogen-bond donors (Lipinski definition) is 0. The summed E-state index contributed by atoms with van der Waals surface area (Å²) in [6.07, 6.45) is 5.25. The average molecular weight is 476 g/mol. The van der Waals surface area contributed by atoms with Crippen LogP contribution < -0.4 is 4.74 Å². The molecule has 6 nitrogen and oxygen atoms in total. The van der Waals surface area contributed by atoms with E-state index < -0.39 is 0 Å². The van der Waals surface area contributed by atoms with Gasteiger partial charge in [0.15, 0.2) is 6.61 Å². The molecule has 0 bridgehead atoms. The Morgan fingerprint density at radius 3 is 2.32 bits per heavy atom. The van der Waals surface area contributed by atoms with Gasteiger partial charge < -0.3 is 14.5 Å². The number of carbonyl (C=O) groups excluding carboxylic acids is 2. The third-order valence-electron chi connectivity index (χ3n) is 6.52. The van der Waals surface area contributed by atoms with Crippen molar-refractivity contribution in [2.45, 2.75) is 32.4 Å². The minimum atomic E-state index is -0.0541. The molecule has 5 rings (SSSR count). The highest BCUT2D eigenvalue weighted by atomic mass is 35.5. The smallest absolute Gasteiger partial charge is 0.260 e. The van der Waals surface area contributed by atoms with Crippen LogP contribution in [0.15, 0.2) is 60.9 Å². The first-order valence-corrected chi connectivity index (χ1v) is 11.9. The van der Waals surface area contributed by atoms with Gasteiger partial charge in [0, 0.05) is 37.4 Å². The number of pyridine rings is 1. The second kappa shape index (κ2) is 9.85. The number of amides is 2. The van der Waals surface area contributed by atoms with E-state index in [4.69, 9.17) is 16.3 Å². The number of ether oxygens (including phenoxy) is 1. The third-order valence-corrected chi connectivity index (χ3v) is 6.76. The van der Waals surface area contributed by atoms with Crippen LogP contribution in [-0.4, -0.2) is 46.3 Å². The van der Waals surface area contributed by atoms with Gasteiger partial charge in [0.05, 0.1) is 12.6 Å². The summed E-state index contributed by atoms with van der Waals surface area (Å²) in [5.41, 5.74) is 5.69. The van der Waals surface area contributed by atoms with E-state index in [2.05, 4.69) is 23.2 Å². The van der Waals surface area contributed by atoms with Crippen LogP contribution in [0.4, 0.5) is 0 Å². The number of halogens is 1.